The highest BCUT2D eigenvalue weighted by atomic mass is 16.1. The summed E-state index contributed by atoms with van der Waals surface area (Å²) in [5.74, 6) is 0.742. The van der Waals surface area contributed by atoms with Crippen molar-refractivity contribution in [2.24, 2.45) is 0 Å². The third kappa shape index (κ3) is 5.65. The van der Waals surface area contributed by atoms with E-state index in [0.29, 0.717) is 18.0 Å². The topological polar surface area (TPSA) is 32.3 Å². The van der Waals surface area contributed by atoms with Crippen LogP contribution in [0.5, 0.6) is 0 Å². The smallest absolute Gasteiger partial charge is 0.244 e. The zero-order valence-electron chi connectivity index (χ0n) is 19.0. The molecule has 0 spiro atoms. The van der Waals surface area contributed by atoms with Crippen LogP contribution in [0, 0.1) is 13.8 Å². The molecule has 2 fully saturated rings. The second-order valence-corrected chi connectivity index (χ2v) is 9.37. The van der Waals surface area contributed by atoms with E-state index >= 15 is 0 Å². The van der Waals surface area contributed by atoms with Gasteiger partial charge in [0, 0.05) is 18.2 Å². The fraction of sp³-hybridized carbons (Fsp3) is 0.464. The highest BCUT2D eigenvalue weighted by molar-refractivity contribution is 5.91. The highest BCUT2D eigenvalue weighted by Gasteiger charge is 2.30. The molecule has 2 aliphatic rings. The van der Waals surface area contributed by atoms with Crippen LogP contribution in [0.1, 0.15) is 66.7 Å². The second-order valence-electron chi connectivity index (χ2n) is 9.37. The van der Waals surface area contributed by atoms with Gasteiger partial charge in [-0.2, -0.15) is 0 Å². The van der Waals surface area contributed by atoms with Gasteiger partial charge in [-0.3, -0.25) is 4.79 Å². The van der Waals surface area contributed by atoms with Crippen LogP contribution < -0.4 is 5.32 Å². The van der Waals surface area contributed by atoms with Crippen LogP contribution in [0.2, 0.25) is 0 Å². The molecule has 2 aromatic rings. The molecule has 164 valence electrons. The Labute approximate surface area is 187 Å². The average Bonchev–Trinajstić information content (AvgIpc) is 2.79. The van der Waals surface area contributed by atoms with E-state index in [2.05, 4.69) is 42.3 Å². The quantitative estimate of drug-likeness (QED) is 0.641. The summed E-state index contributed by atoms with van der Waals surface area (Å²) in [4.78, 5) is 15.0. The van der Waals surface area contributed by atoms with Crippen molar-refractivity contribution >= 4 is 12.0 Å². The van der Waals surface area contributed by atoms with Gasteiger partial charge in [0.2, 0.25) is 5.91 Å². The summed E-state index contributed by atoms with van der Waals surface area (Å²) in [7, 11) is 0. The number of piperidine rings is 1. The third-order valence-corrected chi connectivity index (χ3v) is 7.27. The number of rotatable bonds is 5. The van der Waals surface area contributed by atoms with E-state index < -0.39 is 0 Å². The summed E-state index contributed by atoms with van der Waals surface area (Å²) >= 11 is 0. The van der Waals surface area contributed by atoms with E-state index in [4.69, 9.17) is 0 Å². The number of carbonyl (C=O) groups excluding carboxylic acids is 1. The molecule has 3 nitrogen and oxygen atoms in total. The normalized spacial score (nSPS) is 23.2. The zero-order chi connectivity index (χ0) is 21.6. The maximum Gasteiger partial charge on any atom is 0.244 e. The van der Waals surface area contributed by atoms with Gasteiger partial charge in [0.1, 0.15) is 0 Å². The van der Waals surface area contributed by atoms with Crippen molar-refractivity contribution in [3.05, 3.63) is 76.9 Å². The monoisotopic (exact) mass is 416 g/mol. The molecule has 0 radical (unpaired) electrons. The molecule has 1 aliphatic carbocycles. The molecule has 1 aliphatic heterocycles. The van der Waals surface area contributed by atoms with Gasteiger partial charge in [-0.1, -0.05) is 48.5 Å². The first-order valence-electron chi connectivity index (χ1n) is 11.9. The molecule has 1 N–H and O–H groups in total. The Morgan fingerprint density at radius 2 is 1.52 bits per heavy atom. The summed E-state index contributed by atoms with van der Waals surface area (Å²) in [5, 5.41) is 3.21. The van der Waals surface area contributed by atoms with Crippen molar-refractivity contribution in [2.75, 3.05) is 13.1 Å². The number of hydrogen-bond acceptors (Lipinski definition) is 2. The van der Waals surface area contributed by atoms with E-state index in [1.165, 1.54) is 49.9 Å². The van der Waals surface area contributed by atoms with Crippen LogP contribution in [0.25, 0.3) is 6.08 Å². The summed E-state index contributed by atoms with van der Waals surface area (Å²) in [6, 6.07) is 17.7. The minimum atomic E-state index is 0.0294. The number of carbonyl (C=O) groups is 1. The summed E-state index contributed by atoms with van der Waals surface area (Å²) in [6.07, 6.45) is 10.7. The van der Waals surface area contributed by atoms with E-state index in [1.807, 2.05) is 36.4 Å². The molecule has 4 rings (SSSR count). The first-order valence-corrected chi connectivity index (χ1v) is 11.9. The Kier molecular flexibility index (Phi) is 7.24. The fourth-order valence-corrected chi connectivity index (χ4v) is 5.60. The molecule has 0 bridgehead atoms. The van der Waals surface area contributed by atoms with Gasteiger partial charge < -0.3 is 10.2 Å². The Balaban J connectivity index is 1.22. The Morgan fingerprint density at radius 1 is 0.871 bits per heavy atom. The maximum absolute atomic E-state index is 12.3. The van der Waals surface area contributed by atoms with Crippen molar-refractivity contribution < 1.29 is 4.79 Å². The molecular formula is C28H36N2O. The molecule has 0 aromatic heterocycles. The van der Waals surface area contributed by atoms with Crippen LogP contribution in [-0.2, 0) is 4.79 Å². The molecule has 1 heterocycles. The van der Waals surface area contributed by atoms with E-state index in [1.54, 1.807) is 11.6 Å². The van der Waals surface area contributed by atoms with Crippen molar-refractivity contribution in [3.8, 4) is 0 Å². The SMILES string of the molecule is Cc1cccc(C)c1C1CCN(C2CCC(NC(=O)/C=C/c3ccccc3)CC2)CC1. The molecule has 31 heavy (non-hydrogen) atoms. The number of amides is 1. The Morgan fingerprint density at radius 3 is 2.16 bits per heavy atom. The molecule has 2 aromatic carbocycles. The molecule has 1 saturated carbocycles. The lowest BCUT2D eigenvalue weighted by Crippen LogP contribution is -2.46. The molecule has 0 unspecified atom stereocenters. The van der Waals surface area contributed by atoms with E-state index in [9.17, 15) is 4.79 Å². The van der Waals surface area contributed by atoms with Gasteiger partial charge in [-0.05, 0) is 99.7 Å². The van der Waals surface area contributed by atoms with E-state index in [-0.39, 0.29) is 5.91 Å². The lowest BCUT2D eigenvalue weighted by Gasteiger charge is -2.41. The largest absolute Gasteiger partial charge is 0.350 e. The standard InChI is InChI=1S/C28H36N2O/c1-21-7-6-8-22(2)28(21)24-17-19-30(20-18-24)26-14-12-25(13-15-26)29-27(31)16-11-23-9-4-3-5-10-23/h3-11,16,24-26H,12-15,17-20H2,1-2H3,(H,29,31)/b16-11+. The van der Waals surface area contributed by atoms with Crippen LogP contribution in [0.15, 0.2) is 54.6 Å². The van der Waals surface area contributed by atoms with Crippen molar-refractivity contribution in [2.45, 2.75) is 70.4 Å². The fourth-order valence-electron chi connectivity index (χ4n) is 5.60. The van der Waals surface area contributed by atoms with Crippen LogP contribution in [0.4, 0.5) is 0 Å². The summed E-state index contributed by atoms with van der Waals surface area (Å²) in [5.41, 5.74) is 5.56. The van der Waals surface area contributed by atoms with Gasteiger partial charge in [-0.25, -0.2) is 0 Å². The van der Waals surface area contributed by atoms with Gasteiger partial charge in [-0.15, -0.1) is 0 Å². The molecule has 1 saturated heterocycles. The predicted octanol–water partition coefficient (Wildman–Crippen LogP) is 5.62. The summed E-state index contributed by atoms with van der Waals surface area (Å²) < 4.78 is 0. The highest BCUT2D eigenvalue weighted by Crippen LogP contribution is 2.35. The average molecular weight is 417 g/mol. The number of aryl methyl sites for hydroxylation is 2. The lowest BCUT2D eigenvalue weighted by molar-refractivity contribution is -0.117. The number of nitrogens with zero attached hydrogens (tertiary/aromatic N) is 1. The van der Waals surface area contributed by atoms with Gasteiger partial charge in [0.15, 0.2) is 0 Å². The van der Waals surface area contributed by atoms with Crippen LogP contribution in [0.3, 0.4) is 0 Å². The number of hydrogen-bond donors (Lipinski definition) is 1. The maximum atomic E-state index is 12.3. The Bertz CT molecular complexity index is 868. The predicted molar refractivity (Wildman–Crippen MR) is 129 cm³/mol. The van der Waals surface area contributed by atoms with Crippen LogP contribution >= 0.6 is 0 Å². The lowest BCUT2D eigenvalue weighted by atomic mass is 9.82. The molecule has 1 amide bonds. The number of likely N-dealkylation sites (tertiary alicyclic amines) is 1. The molecule has 0 atom stereocenters. The third-order valence-electron chi connectivity index (χ3n) is 7.27. The van der Waals surface area contributed by atoms with Gasteiger partial charge >= 0.3 is 0 Å². The van der Waals surface area contributed by atoms with Crippen LogP contribution in [-0.4, -0.2) is 36.0 Å². The van der Waals surface area contributed by atoms with Crippen molar-refractivity contribution in [1.82, 2.24) is 10.2 Å². The first kappa shape index (κ1) is 21.8. The minimum absolute atomic E-state index is 0.0294. The van der Waals surface area contributed by atoms with Gasteiger partial charge in [0.25, 0.3) is 0 Å². The zero-order valence-corrected chi connectivity index (χ0v) is 19.0. The first-order chi connectivity index (χ1) is 15.1. The Hall–Kier alpha value is -2.39. The number of nitrogens with one attached hydrogen (secondary N) is 1. The van der Waals surface area contributed by atoms with E-state index in [0.717, 1.165) is 18.4 Å². The van der Waals surface area contributed by atoms with Crippen molar-refractivity contribution in [3.63, 3.8) is 0 Å². The molecular weight excluding hydrogens is 380 g/mol. The van der Waals surface area contributed by atoms with Crippen molar-refractivity contribution in [1.29, 1.82) is 0 Å². The second kappa shape index (κ2) is 10.3. The van der Waals surface area contributed by atoms with Gasteiger partial charge in [0.05, 0.1) is 0 Å². The molecule has 3 heteroatoms. The summed E-state index contributed by atoms with van der Waals surface area (Å²) in [6.45, 7) is 6.94. The minimum Gasteiger partial charge on any atom is -0.350 e. The number of benzene rings is 2.